The van der Waals surface area contributed by atoms with Gasteiger partial charge >= 0.3 is 5.97 Å². The number of rotatable bonds is 1. The van der Waals surface area contributed by atoms with Crippen LogP contribution in [0.2, 0.25) is 0 Å². The minimum Gasteiger partial charge on any atom is -0.478 e. The van der Waals surface area contributed by atoms with Gasteiger partial charge in [0, 0.05) is 5.69 Å². The summed E-state index contributed by atoms with van der Waals surface area (Å²) in [4.78, 5) is 10.3. The summed E-state index contributed by atoms with van der Waals surface area (Å²) >= 11 is 0. The van der Waals surface area contributed by atoms with Gasteiger partial charge in [-0.2, -0.15) is 0 Å². The Labute approximate surface area is 164 Å². The van der Waals surface area contributed by atoms with E-state index in [-0.39, 0.29) is 5.56 Å². The average molecular weight is 369 g/mol. The largest absolute Gasteiger partial charge is 0.478 e. The first-order valence-electron chi connectivity index (χ1n) is 9.65. The van der Waals surface area contributed by atoms with E-state index in [0.717, 1.165) is 0 Å². The molecule has 0 heterocycles. The Morgan fingerprint density at radius 3 is 2.25 bits per heavy atom. The summed E-state index contributed by atoms with van der Waals surface area (Å²) in [5.74, 6) is -0.988. The van der Waals surface area contributed by atoms with Crippen LogP contribution in [0.1, 0.15) is 34.3 Å². The van der Waals surface area contributed by atoms with E-state index in [1.54, 1.807) is 29.3 Å². The second-order valence-corrected chi connectivity index (χ2v) is 7.18. The highest BCUT2D eigenvalue weighted by Crippen LogP contribution is 2.33. The van der Waals surface area contributed by atoms with Gasteiger partial charge in [0.1, 0.15) is 0 Å². The third kappa shape index (κ3) is 3.44. The number of para-hydroxylation sites is 1. The van der Waals surface area contributed by atoms with E-state index in [0.29, 0.717) is 5.69 Å². The zero-order valence-electron chi connectivity index (χ0n) is 15.7. The molecule has 0 radical (unpaired) electrons. The molecule has 4 aromatic carbocycles. The van der Waals surface area contributed by atoms with Crippen LogP contribution < -0.4 is 5.73 Å². The Morgan fingerprint density at radius 2 is 1.46 bits per heavy atom. The van der Waals surface area contributed by atoms with Crippen molar-refractivity contribution in [3.63, 3.8) is 0 Å². The first-order chi connectivity index (χ1) is 13.6. The molecule has 0 bridgehead atoms. The van der Waals surface area contributed by atoms with Crippen LogP contribution in [0.4, 0.5) is 5.69 Å². The van der Waals surface area contributed by atoms with E-state index in [2.05, 4.69) is 48.5 Å². The Morgan fingerprint density at radius 1 is 0.750 bits per heavy atom. The molecule has 3 nitrogen and oxygen atoms in total. The van der Waals surface area contributed by atoms with Gasteiger partial charge < -0.3 is 10.8 Å². The van der Waals surface area contributed by atoms with E-state index in [1.807, 2.05) is 0 Å². The number of fused-ring (bicyclic) bond motifs is 5. The Bertz CT molecular complexity index is 1160. The molecule has 0 aliphatic heterocycles. The lowest BCUT2D eigenvalue weighted by molar-refractivity contribution is 0.0698. The number of aryl methyl sites for hydroxylation is 2. The summed E-state index contributed by atoms with van der Waals surface area (Å²) in [7, 11) is 0. The van der Waals surface area contributed by atoms with Gasteiger partial charge in [-0.1, -0.05) is 60.7 Å². The van der Waals surface area contributed by atoms with Crippen molar-refractivity contribution < 1.29 is 9.90 Å². The topological polar surface area (TPSA) is 63.3 Å². The SMILES string of the molecule is Nc1ccccc1C(=O)O.c1ccc2c(c1)ccc1c3c(ccc12)CCCC3. The molecule has 0 spiro atoms. The number of carboxylic acid groups (broad SMARTS) is 1. The van der Waals surface area contributed by atoms with Crippen LogP contribution in [-0.2, 0) is 12.8 Å². The molecule has 3 N–H and O–H groups in total. The molecule has 140 valence electrons. The van der Waals surface area contributed by atoms with E-state index in [1.165, 1.54) is 53.3 Å². The van der Waals surface area contributed by atoms with Gasteiger partial charge in [0.05, 0.1) is 5.56 Å². The third-order valence-corrected chi connectivity index (χ3v) is 5.45. The highest BCUT2D eigenvalue weighted by atomic mass is 16.4. The number of carboxylic acids is 1. The van der Waals surface area contributed by atoms with Gasteiger partial charge in [-0.25, -0.2) is 4.79 Å². The van der Waals surface area contributed by atoms with E-state index >= 15 is 0 Å². The maximum atomic E-state index is 10.3. The fourth-order valence-electron chi connectivity index (χ4n) is 4.03. The highest BCUT2D eigenvalue weighted by Gasteiger charge is 2.13. The van der Waals surface area contributed by atoms with Crippen LogP contribution in [-0.4, -0.2) is 11.1 Å². The standard InChI is InChI=1S/C18H16.C7H7NO2/c1-3-7-15-13(5-1)9-11-18-16-8-4-2-6-14(16)10-12-17(15)18;8-6-4-2-1-3-5(6)7(9)10/h1,3,5,7,9-12H,2,4,6,8H2;1-4H,8H2,(H,9,10). The van der Waals surface area contributed by atoms with Gasteiger partial charge in [-0.05, 0) is 70.5 Å². The van der Waals surface area contributed by atoms with Crippen molar-refractivity contribution in [1.82, 2.24) is 0 Å². The monoisotopic (exact) mass is 369 g/mol. The molecule has 5 rings (SSSR count). The highest BCUT2D eigenvalue weighted by molar-refractivity contribution is 6.08. The number of nitrogens with two attached hydrogens (primary N) is 1. The smallest absolute Gasteiger partial charge is 0.337 e. The van der Waals surface area contributed by atoms with Gasteiger partial charge in [-0.3, -0.25) is 0 Å². The molecule has 0 saturated carbocycles. The molecule has 1 aliphatic carbocycles. The first-order valence-corrected chi connectivity index (χ1v) is 9.65. The molecule has 0 fully saturated rings. The number of hydrogen-bond donors (Lipinski definition) is 2. The van der Waals surface area contributed by atoms with Crippen molar-refractivity contribution in [2.24, 2.45) is 0 Å². The number of carbonyl (C=O) groups is 1. The van der Waals surface area contributed by atoms with Gasteiger partial charge in [0.25, 0.3) is 0 Å². The van der Waals surface area contributed by atoms with Crippen molar-refractivity contribution >= 4 is 33.2 Å². The van der Waals surface area contributed by atoms with Gasteiger partial charge in [0.2, 0.25) is 0 Å². The van der Waals surface area contributed by atoms with Crippen LogP contribution in [0.3, 0.4) is 0 Å². The zero-order valence-corrected chi connectivity index (χ0v) is 15.7. The lowest BCUT2D eigenvalue weighted by Gasteiger charge is -2.18. The molecule has 28 heavy (non-hydrogen) atoms. The van der Waals surface area contributed by atoms with Crippen LogP contribution in [0.15, 0.2) is 72.8 Å². The van der Waals surface area contributed by atoms with Crippen molar-refractivity contribution in [2.75, 3.05) is 5.73 Å². The fraction of sp³-hybridized carbons (Fsp3) is 0.160. The van der Waals surface area contributed by atoms with Crippen molar-refractivity contribution in [3.8, 4) is 0 Å². The predicted molar refractivity (Wildman–Crippen MR) is 116 cm³/mol. The summed E-state index contributed by atoms with van der Waals surface area (Å²) in [6, 6.07) is 24.3. The average Bonchev–Trinajstić information content (AvgIpc) is 2.74. The van der Waals surface area contributed by atoms with E-state index < -0.39 is 5.97 Å². The normalized spacial score (nSPS) is 12.9. The maximum absolute atomic E-state index is 10.3. The van der Waals surface area contributed by atoms with E-state index in [4.69, 9.17) is 10.8 Å². The summed E-state index contributed by atoms with van der Waals surface area (Å²) in [6.45, 7) is 0. The fourth-order valence-corrected chi connectivity index (χ4v) is 4.03. The quantitative estimate of drug-likeness (QED) is 0.327. The third-order valence-electron chi connectivity index (χ3n) is 5.45. The minimum absolute atomic E-state index is 0.155. The number of anilines is 1. The molecular weight excluding hydrogens is 346 g/mol. The predicted octanol–water partition coefficient (Wildman–Crippen LogP) is 5.84. The number of benzene rings is 4. The molecule has 0 saturated heterocycles. The zero-order chi connectivity index (χ0) is 19.5. The van der Waals surface area contributed by atoms with Crippen LogP contribution in [0.5, 0.6) is 0 Å². The van der Waals surface area contributed by atoms with Crippen molar-refractivity contribution in [1.29, 1.82) is 0 Å². The lowest BCUT2D eigenvalue weighted by Crippen LogP contribution is -2.02. The first kappa shape index (κ1) is 18.1. The summed E-state index contributed by atoms with van der Waals surface area (Å²) in [5.41, 5.74) is 8.97. The van der Waals surface area contributed by atoms with Crippen LogP contribution >= 0.6 is 0 Å². The second-order valence-electron chi connectivity index (χ2n) is 7.18. The maximum Gasteiger partial charge on any atom is 0.337 e. The molecule has 3 heteroatoms. The molecule has 0 unspecified atom stereocenters. The van der Waals surface area contributed by atoms with Crippen molar-refractivity contribution in [2.45, 2.75) is 25.7 Å². The van der Waals surface area contributed by atoms with Crippen LogP contribution in [0.25, 0.3) is 21.5 Å². The Balaban J connectivity index is 0.000000165. The second kappa shape index (κ2) is 7.73. The van der Waals surface area contributed by atoms with Gasteiger partial charge in [-0.15, -0.1) is 0 Å². The molecule has 0 amide bonds. The van der Waals surface area contributed by atoms with Gasteiger partial charge in [0.15, 0.2) is 0 Å². The van der Waals surface area contributed by atoms with Crippen molar-refractivity contribution in [3.05, 3.63) is 89.5 Å². The molecular formula is C25H23NO2. The summed E-state index contributed by atoms with van der Waals surface area (Å²) in [6.07, 6.45) is 5.22. The molecule has 0 aromatic heterocycles. The molecule has 0 atom stereocenters. The Hall–Kier alpha value is -3.33. The lowest BCUT2D eigenvalue weighted by atomic mass is 9.86. The van der Waals surface area contributed by atoms with E-state index in [9.17, 15) is 4.79 Å². The summed E-state index contributed by atoms with van der Waals surface area (Å²) < 4.78 is 0. The Kier molecular flexibility index (Phi) is 4.98. The molecule has 4 aromatic rings. The number of hydrogen-bond acceptors (Lipinski definition) is 2. The minimum atomic E-state index is -0.988. The molecule has 1 aliphatic rings. The summed E-state index contributed by atoms with van der Waals surface area (Å²) in [5, 5.41) is 14.1. The number of aromatic carboxylic acids is 1. The van der Waals surface area contributed by atoms with Crippen LogP contribution in [0, 0.1) is 0 Å². The number of nitrogen functional groups attached to an aromatic ring is 1.